The van der Waals surface area contributed by atoms with Crippen LogP contribution in [0.1, 0.15) is 17.8 Å². The van der Waals surface area contributed by atoms with Gasteiger partial charge in [0.05, 0.1) is 5.69 Å². The van der Waals surface area contributed by atoms with Gasteiger partial charge in [0.15, 0.2) is 0 Å². The van der Waals surface area contributed by atoms with Crippen LogP contribution in [0.3, 0.4) is 0 Å². The van der Waals surface area contributed by atoms with Crippen LogP contribution < -0.4 is 5.32 Å². The fourth-order valence-electron chi connectivity index (χ4n) is 2.12. The van der Waals surface area contributed by atoms with Gasteiger partial charge in [0.25, 0.3) is 0 Å². The van der Waals surface area contributed by atoms with Crippen molar-refractivity contribution in [3.63, 3.8) is 0 Å². The summed E-state index contributed by atoms with van der Waals surface area (Å²) in [6.45, 7) is 1.99. The molecule has 1 heterocycles. The molecule has 100 valence electrons. The third kappa shape index (κ3) is 3.19. The molecule has 1 N–H and O–H groups in total. The SMILES string of the molecule is CSC1(CNCc2nc(-c3ccccc3)cs2)CC1. The van der Waals surface area contributed by atoms with E-state index in [0.717, 1.165) is 18.8 Å². The summed E-state index contributed by atoms with van der Waals surface area (Å²) in [5, 5.41) is 6.87. The Bertz CT molecular complexity index is 532. The minimum Gasteiger partial charge on any atom is -0.309 e. The fraction of sp³-hybridized carbons (Fsp3) is 0.400. The van der Waals surface area contributed by atoms with Crippen molar-refractivity contribution in [3.8, 4) is 11.3 Å². The van der Waals surface area contributed by atoms with Gasteiger partial charge in [0, 0.05) is 28.8 Å². The molecule has 2 aromatic rings. The molecule has 19 heavy (non-hydrogen) atoms. The monoisotopic (exact) mass is 290 g/mol. The van der Waals surface area contributed by atoms with Crippen molar-refractivity contribution < 1.29 is 0 Å². The first-order valence-electron chi connectivity index (χ1n) is 6.57. The van der Waals surface area contributed by atoms with Crippen molar-refractivity contribution in [3.05, 3.63) is 40.7 Å². The lowest BCUT2D eigenvalue weighted by Gasteiger charge is -2.11. The van der Waals surface area contributed by atoms with Gasteiger partial charge >= 0.3 is 0 Å². The second-order valence-corrected chi connectivity index (χ2v) is 7.20. The fourth-order valence-corrected chi connectivity index (χ4v) is 3.65. The van der Waals surface area contributed by atoms with E-state index in [1.807, 2.05) is 17.8 Å². The van der Waals surface area contributed by atoms with E-state index in [1.165, 1.54) is 23.4 Å². The average molecular weight is 290 g/mol. The van der Waals surface area contributed by atoms with E-state index in [4.69, 9.17) is 4.98 Å². The number of nitrogens with zero attached hydrogens (tertiary/aromatic N) is 1. The number of rotatable bonds is 6. The minimum atomic E-state index is 0.527. The number of hydrogen-bond donors (Lipinski definition) is 1. The number of aromatic nitrogens is 1. The van der Waals surface area contributed by atoms with Gasteiger partial charge < -0.3 is 5.32 Å². The molecule has 0 aliphatic heterocycles. The van der Waals surface area contributed by atoms with E-state index < -0.39 is 0 Å². The molecule has 0 amide bonds. The zero-order valence-corrected chi connectivity index (χ0v) is 12.7. The summed E-state index contributed by atoms with van der Waals surface area (Å²) >= 11 is 3.74. The Morgan fingerprint density at radius 3 is 2.79 bits per heavy atom. The van der Waals surface area contributed by atoms with E-state index >= 15 is 0 Å². The van der Waals surface area contributed by atoms with Crippen molar-refractivity contribution in [2.24, 2.45) is 0 Å². The molecule has 1 aliphatic carbocycles. The molecule has 0 spiro atoms. The summed E-state index contributed by atoms with van der Waals surface area (Å²) in [5.74, 6) is 0. The summed E-state index contributed by atoms with van der Waals surface area (Å²) in [7, 11) is 0. The quantitative estimate of drug-likeness (QED) is 0.876. The predicted octanol–water partition coefficient (Wildman–Crippen LogP) is 3.80. The van der Waals surface area contributed by atoms with Crippen LogP contribution in [0.2, 0.25) is 0 Å². The van der Waals surface area contributed by atoms with E-state index in [1.54, 1.807) is 11.3 Å². The molecule has 0 radical (unpaired) electrons. The Labute approximate surface area is 122 Å². The standard InChI is InChI=1S/C15H18N2S2/c1-18-15(7-8-15)11-16-9-14-17-13(10-19-14)12-5-3-2-4-6-12/h2-6,10,16H,7-9,11H2,1H3. The smallest absolute Gasteiger partial charge is 0.107 e. The lowest BCUT2D eigenvalue weighted by Crippen LogP contribution is -2.25. The zero-order chi connectivity index (χ0) is 13.1. The van der Waals surface area contributed by atoms with Gasteiger partial charge in [-0.15, -0.1) is 11.3 Å². The number of benzene rings is 1. The van der Waals surface area contributed by atoms with Gasteiger partial charge in [0.1, 0.15) is 5.01 Å². The number of nitrogens with one attached hydrogen (secondary N) is 1. The lowest BCUT2D eigenvalue weighted by molar-refractivity contribution is 0.661. The van der Waals surface area contributed by atoms with Crippen LogP contribution in [-0.4, -0.2) is 22.5 Å². The molecular weight excluding hydrogens is 272 g/mol. The average Bonchev–Trinajstić information content (AvgIpc) is 3.09. The van der Waals surface area contributed by atoms with Crippen molar-refractivity contribution in [2.45, 2.75) is 24.1 Å². The van der Waals surface area contributed by atoms with E-state index in [9.17, 15) is 0 Å². The molecule has 0 atom stereocenters. The van der Waals surface area contributed by atoms with Gasteiger partial charge in [-0.05, 0) is 19.1 Å². The molecule has 1 aliphatic rings. The topological polar surface area (TPSA) is 24.9 Å². The third-order valence-corrected chi connectivity index (χ3v) is 5.85. The highest BCUT2D eigenvalue weighted by atomic mass is 32.2. The van der Waals surface area contributed by atoms with Gasteiger partial charge in [-0.1, -0.05) is 30.3 Å². The Hall–Kier alpha value is -0.840. The molecule has 4 heteroatoms. The van der Waals surface area contributed by atoms with Crippen molar-refractivity contribution in [1.29, 1.82) is 0 Å². The Morgan fingerprint density at radius 2 is 2.11 bits per heavy atom. The van der Waals surface area contributed by atoms with Crippen LogP contribution in [0.4, 0.5) is 0 Å². The third-order valence-electron chi connectivity index (χ3n) is 3.59. The molecule has 0 saturated heterocycles. The number of thioether (sulfide) groups is 1. The Balaban J connectivity index is 1.57. The first-order chi connectivity index (χ1) is 9.31. The van der Waals surface area contributed by atoms with Gasteiger partial charge in [0.2, 0.25) is 0 Å². The molecule has 2 nitrogen and oxygen atoms in total. The number of hydrogen-bond acceptors (Lipinski definition) is 4. The highest BCUT2D eigenvalue weighted by Gasteiger charge is 2.41. The van der Waals surface area contributed by atoms with Crippen LogP contribution in [0.5, 0.6) is 0 Å². The second-order valence-electron chi connectivity index (χ2n) is 4.98. The zero-order valence-electron chi connectivity index (χ0n) is 11.1. The van der Waals surface area contributed by atoms with Crippen LogP contribution in [-0.2, 0) is 6.54 Å². The van der Waals surface area contributed by atoms with Crippen molar-refractivity contribution in [1.82, 2.24) is 10.3 Å². The van der Waals surface area contributed by atoms with Crippen LogP contribution >= 0.6 is 23.1 Å². The molecule has 3 rings (SSSR count). The maximum Gasteiger partial charge on any atom is 0.107 e. The summed E-state index contributed by atoms with van der Waals surface area (Å²) in [6.07, 6.45) is 4.92. The molecule has 0 bridgehead atoms. The van der Waals surface area contributed by atoms with Crippen LogP contribution in [0.25, 0.3) is 11.3 Å². The second kappa shape index (κ2) is 5.65. The predicted molar refractivity (Wildman–Crippen MR) is 84.7 cm³/mol. The summed E-state index contributed by atoms with van der Waals surface area (Å²) < 4.78 is 0.527. The molecule has 1 aromatic carbocycles. The maximum absolute atomic E-state index is 4.70. The van der Waals surface area contributed by atoms with E-state index in [0.29, 0.717) is 4.75 Å². The Morgan fingerprint density at radius 1 is 1.32 bits per heavy atom. The van der Waals surface area contributed by atoms with Gasteiger partial charge in [-0.3, -0.25) is 0 Å². The largest absolute Gasteiger partial charge is 0.309 e. The summed E-state index contributed by atoms with van der Waals surface area (Å²) in [5.41, 5.74) is 2.29. The highest BCUT2D eigenvalue weighted by Crippen LogP contribution is 2.46. The lowest BCUT2D eigenvalue weighted by atomic mass is 10.2. The molecule has 1 saturated carbocycles. The molecule has 1 fully saturated rings. The Kier molecular flexibility index (Phi) is 3.91. The van der Waals surface area contributed by atoms with Crippen molar-refractivity contribution >= 4 is 23.1 Å². The highest BCUT2D eigenvalue weighted by molar-refractivity contribution is 8.00. The summed E-state index contributed by atoms with van der Waals surface area (Å²) in [4.78, 5) is 4.70. The first kappa shape index (κ1) is 13.2. The van der Waals surface area contributed by atoms with Gasteiger partial charge in [-0.2, -0.15) is 11.8 Å². The minimum absolute atomic E-state index is 0.527. The van der Waals surface area contributed by atoms with Crippen molar-refractivity contribution in [2.75, 3.05) is 12.8 Å². The summed E-state index contributed by atoms with van der Waals surface area (Å²) in [6, 6.07) is 10.4. The van der Waals surface area contributed by atoms with E-state index in [-0.39, 0.29) is 0 Å². The first-order valence-corrected chi connectivity index (χ1v) is 8.67. The van der Waals surface area contributed by atoms with Gasteiger partial charge in [-0.25, -0.2) is 4.98 Å². The normalized spacial score (nSPS) is 16.5. The van der Waals surface area contributed by atoms with Crippen LogP contribution in [0, 0.1) is 0 Å². The maximum atomic E-state index is 4.70. The van der Waals surface area contributed by atoms with Crippen LogP contribution in [0.15, 0.2) is 35.7 Å². The molecule has 1 aromatic heterocycles. The number of thiazole rings is 1. The molecular formula is C15H18N2S2. The molecule has 0 unspecified atom stereocenters. The van der Waals surface area contributed by atoms with E-state index in [2.05, 4.69) is 41.2 Å².